The van der Waals surface area contributed by atoms with Crippen molar-refractivity contribution < 1.29 is 24.2 Å². The molecular weight excluding hydrogens is 636 g/mol. The number of Topliss-reactive ketones (excluding diaryl/α,β-unsaturated/α-hetero) is 1. The fourth-order valence-corrected chi connectivity index (χ4v) is 6.99. The van der Waals surface area contributed by atoms with Crippen LogP contribution in [0.3, 0.4) is 0 Å². The molecule has 1 aliphatic heterocycles. The van der Waals surface area contributed by atoms with Crippen LogP contribution in [0.15, 0.2) is 127 Å². The van der Waals surface area contributed by atoms with Crippen molar-refractivity contribution in [2.24, 2.45) is 0 Å². The summed E-state index contributed by atoms with van der Waals surface area (Å²) in [5, 5.41) is 17.5. The van der Waals surface area contributed by atoms with E-state index in [2.05, 4.69) is 71.9 Å². The number of aliphatic hydroxyl groups is 1. The van der Waals surface area contributed by atoms with E-state index in [1.54, 1.807) is 24.3 Å². The highest BCUT2D eigenvalue weighted by Gasteiger charge is 2.33. The zero-order valence-electron chi connectivity index (χ0n) is 28.9. The summed E-state index contributed by atoms with van der Waals surface area (Å²) in [7, 11) is 2.14. The number of ether oxygens (including phenoxy) is 2. The molecule has 0 saturated carbocycles. The first-order valence-electron chi connectivity index (χ1n) is 17.4. The molecule has 1 aliphatic rings. The Kier molecular flexibility index (Phi) is 10.3. The first-order valence-corrected chi connectivity index (χ1v) is 17.4. The van der Waals surface area contributed by atoms with Crippen molar-refractivity contribution in [1.29, 1.82) is 0 Å². The maximum Gasteiger partial charge on any atom is 0.228 e. The zero-order chi connectivity index (χ0) is 35.3. The molecule has 1 saturated heterocycles. The predicted octanol–water partition coefficient (Wildman–Crippen LogP) is 8.55. The van der Waals surface area contributed by atoms with Crippen molar-refractivity contribution in [2.75, 3.05) is 18.9 Å². The fraction of sp³-hybridized carbons (Fsp3) is 0.227. The van der Waals surface area contributed by atoms with Crippen LogP contribution in [0.25, 0.3) is 21.5 Å². The van der Waals surface area contributed by atoms with Crippen LogP contribution in [0.2, 0.25) is 0 Å². The molecule has 7 rings (SSSR count). The molecule has 3 atom stereocenters. The Hall–Kier alpha value is -5.18. The summed E-state index contributed by atoms with van der Waals surface area (Å²) in [5.74, 6) is -0.215. The number of aliphatic hydroxyl groups excluding tert-OH is 1. The minimum atomic E-state index is -0.602. The Balaban J connectivity index is 1.08. The predicted molar refractivity (Wildman–Crippen MR) is 201 cm³/mol. The normalized spacial score (nSPS) is 17.5. The standard InChI is InChI=1S/C44H42N2O5/c1-29(48)34-10-7-11-37(24-34)45-43(49)22-30-14-20-33(21-15-30)44-50-38(25-42(51-44)32-18-16-31(28-47)17-19-32)26-46(2)27-41-39-12-5-3-8-35(39)23-36-9-4-6-13-40(36)41/h3-21,23-24,38,42,44,47H,22,25-28H2,1-2H3,(H,45,49). The average Bonchev–Trinajstić information content (AvgIpc) is 3.15. The van der Waals surface area contributed by atoms with E-state index in [4.69, 9.17) is 9.47 Å². The van der Waals surface area contributed by atoms with Crippen LogP contribution in [0, 0.1) is 0 Å². The average molecular weight is 679 g/mol. The maximum absolute atomic E-state index is 12.9. The number of amides is 1. The summed E-state index contributed by atoms with van der Waals surface area (Å²) >= 11 is 0. The second kappa shape index (κ2) is 15.4. The number of anilines is 1. The Morgan fingerprint density at radius 1 is 0.765 bits per heavy atom. The first kappa shape index (κ1) is 34.3. The third-order valence-corrected chi connectivity index (χ3v) is 9.61. The molecule has 1 amide bonds. The van der Waals surface area contributed by atoms with Crippen LogP contribution in [0.4, 0.5) is 5.69 Å². The van der Waals surface area contributed by atoms with Gasteiger partial charge in [0.2, 0.25) is 5.91 Å². The minimum Gasteiger partial charge on any atom is -0.392 e. The maximum atomic E-state index is 12.9. The van der Waals surface area contributed by atoms with Gasteiger partial charge in [-0.2, -0.15) is 0 Å². The lowest BCUT2D eigenvalue weighted by molar-refractivity contribution is -0.252. The van der Waals surface area contributed by atoms with Gasteiger partial charge >= 0.3 is 0 Å². The lowest BCUT2D eigenvalue weighted by atomic mass is 9.96. The molecule has 0 aromatic heterocycles. The molecule has 0 spiro atoms. The molecule has 0 bridgehead atoms. The molecule has 51 heavy (non-hydrogen) atoms. The molecule has 0 radical (unpaired) electrons. The van der Waals surface area contributed by atoms with Gasteiger partial charge < -0.3 is 19.9 Å². The number of hydrogen-bond acceptors (Lipinski definition) is 6. The summed E-state index contributed by atoms with van der Waals surface area (Å²) in [6, 6.07) is 42.1. The van der Waals surface area contributed by atoms with Gasteiger partial charge in [0.15, 0.2) is 12.1 Å². The number of benzene rings is 6. The van der Waals surface area contributed by atoms with Crippen molar-refractivity contribution in [3.05, 3.63) is 161 Å². The molecular formula is C44H42N2O5. The van der Waals surface area contributed by atoms with E-state index >= 15 is 0 Å². The number of likely N-dealkylation sites (N-methyl/N-ethyl adjacent to an activating group) is 1. The molecule has 258 valence electrons. The first-order chi connectivity index (χ1) is 24.8. The Morgan fingerprint density at radius 3 is 2.08 bits per heavy atom. The number of nitrogens with zero attached hydrogens (tertiary/aromatic N) is 1. The third kappa shape index (κ3) is 8.08. The van der Waals surface area contributed by atoms with E-state index in [0.29, 0.717) is 24.2 Å². The van der Waals surface area contributed by atoms with Crippen LogP contribution in [0.1, 0.15) is 63.9 Å². The van der Waals surface area contributed by atoms with Gasteiger partial charge in [0.25, 0.3) is 0 Å². The summed E-state index contributed by atoms with van der Waals surface area (Å²) < 4.78 is 13.3. The topological polar surface area (TPSA) is 88.1 Å². The lowest BCUT2D eigenvalue weighted by Gasteiger charge is -2.38. The van der Waals surface area contributed by atoms with Crippen molar-refractivity contribution in [3.8, 4) is 0 Å². The molecule has 1 heterocycles. The summed E-state index contributed by atoms with van der Waals surface area (Å²) in [4.78, 5) is 26.9. The number of rotatable bonds is 11. The lowest BCUT2D eigenvalue weighted by Crippen LogP contribution is -2.37. The summed E-state index contributed by atoms with van der Waals surface area (Å²) in [5.41, 5.74) is 6.07. The molecule has 2 N–H and O–H groups in total. The van der Waals surface area contributed by atoms with Crippen LogP contribution in [-0.4, -0.2) is 41.4 Å². The van der Waals surface area contributed by atoms with E-state index < -0.39 is 6.29 Å². The molecule has 3 unspecified atom stereocenters. The molecule has 7 nitrogen and oxygen atoms in total. The number of carbonyl (C=O) groups is 2. The monoisotopic (exact) mass is 678 g/mol. The third-order valence-electron chi connectivity index (χ3n) is 9.61. The van der Waals surface area contributed by atoms with E-state index in [9.17, 15) is 14.7 Å². The number of nitrogens with one attached hydrogen (secondary N) is 1. The number of ketones is 1. The van der Waals surface area contributed by atoms with Gasteiger partial charge in [-0.1, -0.05) is 109 Å². The van der Waals surface area contributed by atoms with Crippen molar-refractivity contribution in [2.45, 2.75) is 51.4 Å². The van der Waals surface area contributed by atoms with E-state index in [1.165, 1.54) is 34.0 Å². The summed E-state index contributed by atoms with van der Waals surface area (Å²) in [6.45, 7) is 2.96. The number of hydrogen-bond donors (Lipinski definition) is 2. The van der Waals surface area contributed by atoms with Crippen LogP contribution < -0.4 is 5.32 Å². The van der Waals surface area contributed by atoms with Gasteiger partial charge in [-0.3, -0.25) is 14.5 Å². The highest BCUT2D eigenvalue weighted by atomic mass is 16.7. The summed E-state index contributed by atoms with van der Waals surface area (Å²) in [6.07, 6.45) is -0.0559. The van der Waals surface area contributed by atoms with Gasteiger partial charge in [0, 0.05) is 36.3 Å². The smallest absolute Gasteiger partial charge is 0.228 e. The highest BCUT2D eigenvalue weighted by molar-refractivity contribution is 6.02. The van der Waals surface area contributed by atoms with Crippen molar-refractivity contribution >= 4 is 38.9 Å². The molecule has 7 heteroatoms. The van der Waals surface area contributed by atoms with Gasteiger partial charge in [-0.25, -0.2) is 0 Å². The highest BCUT2D eigenvalue weighted by Crippen LogP contribution is 2.38. The van der Waals surface area contributed by atoms with Crippen molar-refractivity contribution in [1.82, 2.24) is 4.90 Å². The quantitative estimate of drug-likeness (QED) is 0.106. The largest absolute Gasteiger partial charge is 0.392 e. The molecule has 6 aromatic carbocycles. The number of carbonyl (C=O) groups excluding carboxylic acids is 2. The Morgan fingerprint density at radius 2 is 1.41 bits per heavy atom. The van der Waals surface area contributed by atoms with Gasteiger partial charge in [0.1, 0.15) is 0 Å². The van der Waals surface area contributed by atoms with E-state index in [0.717, 1.165) is 28.8 Å². The van der Waals surface area contributed by atoms with E-state index in [1.807, 2.05) is 48.5 Å². The second-order valence-corrected chi connectivity index (χ2v) is 13.4. The van der Waals surface area contributed by atoms with Crippen LogP contribution in [0.5, 0.6) is 0 Å². The Bertz CT molecular complexity index is 2110. The minimum absolute atomic E-state index is 0.0109. The van der Waals surface area contributed by atoms with E-state index in [-0.39, 0.29) is 36.9 Å². The van der Waals surface area contributed by atoms with Crippen molar-refractivity contribution in [3.63, 3.8) is 0 Å². The Labute approximate surface area is 298 Å². The van der Waals surface area contributed by atoms with Gasteiger partial charge in [0.05, 0.1) is 25.2 Å². The SMILES string of the molecule is CC(=O)c1cccc(NC(=O)Cc2ccc(C3OC(CN(C)Cc4c5ccccc5cc5ccccc45)CC(c4ccc(CO)cc4)O3)cc2)c1. The molecule has 0 aliphatic carbocycles. The van der Waals surface area contributed by atoms with Crippen LogP contribution >= 0.6 is 0 Å². The van der Waals surface area contributed by atoms with Gasteiger partial charge in [-0.15, -0.1) is 0 Å². The fourth-order valence-electron chi connectivity index (χ4n) is 6.99. The van der Waals surface area contributed by atoms with Crippen LogP contribution in [-0.2, 0) is 33.8 Å². The van der Waals surface area contributed by atoms with Gasteiger partial charge in [-0.05, 0) is 76.0 Å². The number of fused-ring (bicyclic) bond motifs is 2. The second-order valence-electron chi connectivity index (χ2n) is 13.4. The molecule has 6 aromatic rings. The zero-order valence-corrected chi connectivity index (χ0v) is 28.9. The molecule has 1 fully saturated rings.